The first-order chi connectivity index (χ1) is 10.5. The Balaban J connectivity index is 2.05. The molecule has 3 heteroatoms. The second-order valence-electron chi connectivity index (χ2n) is 5.96. The van der Waals surface area contributed by atoms with Gasteiger partial charge in [0, 0.05) is 19.6 Å². The maximum Gasteiger partial charge on any atom is 0.0639 e. The first kappa shape index (κ1) is 16.7. The van der Waals surface area contributed by atoms with E-state index in [4.69, 9.17) is 0 Å². The van der Waals surface area contributed by atoms with Gasteiger partial charge in [-0.2, -0.15) is 0 Å². The maximum absolute atomic E-state index is 9.58. The van der Waals surface area contributed by atoms with Crippen LogP contribution in [0.25, 0.3) is 11.1 Å². The molecule has 0 unspecified atom stereocenters. The van der Waals surface area contributed by atoms with Gasteiger partial charge in [-0.15, -0.1) is 0 Å². The molecule has 0 aliphatic heterocycles. The molecule has 22 heavy (non-hydrogen) atoms. The number of benzene rings is 2. The Labute approximate surface area is 132 Å². The number of nitrogens with zero attached hydrogens (tertiary/aromatic N) is 1. The highest BCUT2D eigenvalue weighted by Gasteiger charge is 2.11. The zero-order valence-electron chi connectivity index (χ0n) is 13.3. The molecule has 0 aliphatic carbocycles. The molecule has 0 saturated heterocycles. The fourth-order valence-electron chi connectivity index (χ4n) is 2.64. The van der Waals surface area contributed by atoms with Gasteiger partial charge in [0.1, 0.15) is 0 Å². The molecule has 2 aromatic carbocycles. The van der Waals surface area contributed by atoms with Crippen molar-refractivity contribution in [3.8, 4) is 11.1 Å². The highest BCUT2D eigenvalue weighted by atomic mass is 16.3. The summed E-state index contributed by atoms with van der Waals surface area (Å²) in [5.74, 6) is 0. The summed E-state index contributed by atoms with van der Waals surface area (Å²) in [7, 11) is 0. The molecule has 0 radical (unpaired) electrons. The third-order valence-corrected chi connectivity index (χ3v) is 3.51. The average molecular weight is 299 g/mol. The largest absolute Gasteiger partial charge is 0.392 e. The van der Waals surface area contributed by atoms with Gasteiger partial charge in [-0.1, -0.05) is 54.6 Å². The van der Waals surface area contributed by atoms with Gasteiger partial charge in [0.15, 0.2) is 0 Å². The van der Waals surface area contributed by atoms with E-state index in [0.29, 0.717) is 13.1 Å². The summed E-state index contributed by atoms with van der Waals surface area (Å²) in [4.78, 5) is 2.08. The standard InChI is InChI=1S/C19H25NO2/c1-15(21)12-20(13-16(2)22)14-17-8-10-19(11-9-17)18-6-4-3-5-7-18/h3-11,15-16,21-22H,12-14H2,1-2H3/t15-,16-/m1/s1. The van der Waals surface area contributed by atoms with Crippen molar-refractivity contribution in [3.63, 3.8) is 0 Å². The monoisotopic (exact) mass is 299 g/mol. The Morgan fingerprint density at radius 3 is 1.77 bits per heavy atom. The van der Waals surface area contributed by atoms with Crippen molar-refractivity contribution < 1.29 is 10.2 Å². The Kier molecular flexibility index (Phi) is 6.13. The van der Waals surface area contributed by atoms with Crippen LogP contribution >= 0.6 is 0 Å². The minimum Gasteiger partial charge on any atom is -0.392 e. The molecule has 0 aliphatic rings. The van der Waals surface area contributed by atoms with Crippen molar-refractivity contribution in [2.45, 2.75) is 32.6 Å². The van der Waals surface area contributed by atoms with Crippen LogP contribution < -0.4 is 0 Å². The molecule has 2 N–H and O–H groups in total. The topological polar surface area (TPSA) is 43.7 Å². The van der Waals surface area contributed by atoms with Crippen molar-refractivity contribution in [2.75, 3.05) is 13.1 Å². The molecule has 0 fully saturated rings. The van der Waals surface area contributed by atoms with Crippen LogP contribution in [0.2, 0.25) is 0 Å². The van der Waals surface area contributed by atoms with Crippen molar-refractivity contribution in [1.29, 1.82) is 0 Å². The number of aliphatic hydroxyl groups is 2. The number of rotatable bonds is 7. The summed E-state index contributed by atoms with van der Waals surface area (Å²) in [6.45, 7) is 5.39. The van der Waals surface area contributed by atoms with E-state index in [2.05, 4.69) is 41.3 Å². The van der Waals surface area contributed by atoms with E-state index in [1.807, 2.05) is 18.2 Å². The summed E-state index contributed by atoms with van der Waals surface area (Å²) in [6.07, 6.45) is -0.801. The van der Waals surface area contributed by atoms with Crippen LogP contribution in [-0.4, -0.2) is 40.4 Å². The van der Waals surface area contributed by atoms with E-state index < -0.39 is 12.2 Å². The molecule has 2 aromatic rings. The molecule has 0 heterocycles. The van der Waals surface area contributed by atoms with Crippen LogP contribution in [-0.2, 0) is 6.54 Å². The Hall–Kier alpha value is -1.68. The van der Waals surface area contributed by atoms with E-state index in [9.17, 15) is 10.2 Å². The molecular formula is C19H25NO2. The van der Waals surface area contributed by atoms with Crippen LogP contribution in [0.4, 0.5) is 0 Å². The van der Waals surface area contributed by atoms with E-state index in [1.54, 1.807) is 13.8 Å². The zero-order chi connectivity index (χ0) is 15.9. The third kappa shape index (κ3) is 5.26. The lowest BCUT2D eigenvalue weighted by atomic mass is 10.0. The fourth-order valence-corrected chi connectivity index (χ4v) is 2.64. The number of hydrogen-bond acceptors (Lipinski definition) is 3. The summed E-state index contributed by atoms with van der Waals surface area (Å²) >= 11 is 0. The number of aliphatic hydroxyl groups excluding tert-OH is 2. The quantitative estimate of drug-likeness (QED) is 0.826. The highest BCUT2D eigenvalue weighted by Crippen LogP contribution is 2.19. The Morgan fingerprint density at radius 1 is 0.773 bits per heavy atom. The normalized spacial score (nSPS) is 14.0. The molecule has 2 atom stereocenters. The third-order valence-electron chi connectivity index (χ3n) is 3.51. The van der Waals surface area contributed by atoms with Crippen LogP contribution in [0.3, 0.4) is 0 Å². The Bertz CT molecular complexity index is 539. The highest BCUT2D eigenvalue weighted by molar-refractivity contribution is 5.63. The van der Waals surface area contributed by atoms with E-state index >= 15 is 0 Å². The van der Waals surface area contributed by atoms with E-state index in [-0.39, 0.29) is 0 Å². The van der Waals surface area contributed by atoms with Gasteiger partial charge in [-0.05, 0) is 30.5 Å². The minimum absolute atomic E-state index is 0.401. The van der Waals surface area contributed by atoms with E-state index in [0.717, 1.165) is 6.54 Å². The first-order valence-corrected chi connectivity index (χ1v) is 7.77. The van der Waals surface area contributed by atoms with Crippen LogP contribution in [0, 0.1) is 0 Å². The lowest BCUT2D eigenvalue weighted by molar-refractivity contribution is 0.0794. The summed E-state index contributed by atoms with van der Waals surface area (Å²) in [5, 5.41) is 19.2. The summed E-state index contributed by atoms with van der Waals surface area (Å²) in [5.41, 5.74) is 3.59. The second kappa shape index (κ2) is 8.08. The van der Waals surface area contributed by atoms with Crippen LogP contribution in [0.15, 0.2) is 54.6 Å². The lowest BCUT2D eigenvalue weighted by Gasteiger charge is -2.25. The number of hydrogen-bond donors (Lipinski definition) is 2. The summed E-state index contributed by atoms with van der Waals surface area (Å²) < 4.78 is 0. The van der Waals surface area contributed by atoms with Gasteiger partial charge in [0.25, 0.3) is 0 Å². The van der Waals surface area contributed by atoms with Crippen molar-refractivity contribution in [3.05, 3.63) is 60.2 Å². The second-order valence-corrected chi connectivity index (χ2v) is 5.96. The smallest absolute Gasteiger partial charge is 0.0639 e. The van der Waals surface area contributed by atoms with Gasteiger partial charge in [0.05, 0.1) is 12.2 Å². The minimum atomic E-state index is -0.401. The molecule has 0 amide bonds. The summed E-state index contributed by atoms with van der Waals surface area (Å²) in [6, 6.07) is 18.7. The predicted molar refractivity (Wildman–Crippen MR) is 90.5 cm³/mol. The van der Waals surface area contributed by atoms with Crippen LogP contribution in [0.1, 0.15) is 19.4 Å². The van der Waals surface area contributed by atoms with Crippen molar-refractivity contribution in [1.82, 2.24) is 4.90 Å². The molecular weight excluding hydrogens is 274 g/mol. The van der Waals surface area contributed by atoms with Gasteiger partial charge < -0.3 is 10.2 Å². The first-order valence-electron chi connectivity index (χ1n) is 7.77. The molecule has 0 bridgehead atoms. The lowest BCUT2D eigenvalue weighted by Crippen LogP contribution is -2.35. The molecule has 0 aromatic heterocycles. The zero-order valence-corrected chi connectivity index (χ0v) is 13.3. The fraction of sp³-hybridized carbons (Fsp3) is 0.368. The van der Waals surface area contributed by atoms with Gasteiger partial charge in [-0.3, -0.25) is 4.90 Å². The molecule has 0 saturated carbocycles. The van der Waals surface area contributed by atoms with Crippen LogP contribution in [0.5, 0.6) is 0 Å². The molecule has 118 valence electrons. The predicted octanol–water partition coefficient (Wildman–Crippen LogP) is 2.92. The molecule has 2 rings (SSSR count). The van der Waals surface area contributed by atoms with Gasteiger partial charge >= 0.3 is 0 Å². The van der Waals surface area contributed by atoms with Crippen molar-refractivity contribution in [2.24, 2.45) is 0 Å². The molecule has 0 spiro atoms. The van der Waals surface area contributed by atoms with Gasteiger partial charge in [-0.25, -0.2) is 0 Å². The maximum atomic E-state index is 9.58. The van der Waals surface area contributed by atoms with Gasteiger partial charge in [0.2, 0.25) is 0 Å². The van der Waals surface area contributed by atoms with E-state index in [1.165, 1.54) is 16.7 Å². The van der Waals surface area contributed by atoms with Crippen molar-refractivity contribution >= 4 is 0 Å². The average Bonchev–Trinajstić information content (AvgIpc) is 2.47. The Morgan fingerprint density at radius 2 is 1.27 bits per heavy atom. The SMILES string of the molecule is C[C@@H](O)CN(Cc1ccc(-c2ccccc2)cc1)C[C@@H](C)O. The molecule has 3 nitrogen and oxygen atoms in total.